The fraction of sp³-hybridized carbons (Fsp3) is 0.586. The standard InChI is InChI=1S/C29H40O8/c1-28(2,16-22-14-24(32)26(34)18-36-22)12-6-10-20(30)8-5-9-21(31)11-7-13-29(3,4)17-23-15-25(33)27(35)19-37-23/h14-15,18-19,34-35H,5-13,16-17H2,1-4H3. The van der Waals surface area contributed by atoms with Gasteiger partial charge in [-0.05, 0) is 42.9 Å². The van der Waals surface area contributed by atoms with Crippen molar-refractivity contribution in [2.75, 3.05) is 0 Å². The normalized spacial score (nSPS) is 12.0. The summed E-state index contributed by atoms with van der Waals surface area (Å²) in [5, 5.41) is 18.6. The average molecular weight is 517 g/mol. The molecule has 8 nitrogen and oxygen atoms in total. The number of carbonyl (C=O) groups is 2. The van der Waals surface area contributed by atoms with E-state index < -0.39 is 22.4 Å². The molecule has 0 fully saturated rings. The molecule has 2 heterocycles. The summed E-state index contributed by atoms with van der Waals surface area (Å²) in [6.07, 6.45) is 8.44. The zero-order valence-corrected chi connectivity index (χ0v) is 22.4. The molecule has 2 rings (SSSR count). The number of rotatable bonds is 16. The minimum atomic E-state index is -0.463. The fourth-order valence-electron chi connectivity index (χ4n) is 4.45. The van der Waals surface area contributed by atoms with Gasteiger partial charge in [-0.2, -0.15) is 0 Å². The van der Waals surface area contributed by atoms with Crippen LogP contribution >= 0.6 is 0 Å². The number of aromatic hydroxyl groups is 2. The van der Waals surface area contributed by atoms with Crippen molar-refractivity contribution < 1.29 is 28.6 Å². The minimum Gasteiger partial charge on any atom is -0.502 e. The minimum absolute atomic E-state index is 0.149. The second kappa shape index (κ2) is 13.4. The number of ketones is 2. The van der Waals surface area contributed by atoms with Gasteiger partial charge < -0.3 is 19.0 Å². The van der Waals surface area contributed by atoms with Crippen LogP contribution in [-0.2, 0) is 22.4 Å². The Morgan fingerprint density at radius 3 is 1.38 bits per heavy atom. The maximum absolute atomic E-state index is 12.3. The molecule has 0 saturated carbocycles. The molecule has 0 amide bonds. The Morgan fingerprint density at radius 2 is 1.03 bits per heavy atom. The number of Topliss-reactive ketones (excluding diaryl/α,β-unsaturated/α-hetero) is 2. The summed E-state index contributed by atoms with van der Waals surface area (Å²) in [7, 11) is 0. The summed E-state index contributed by atoms with van der Waals surface area (Å²) in [6.45, 7) is 8.19. The van der Waals surface area contributed by atoms with Crippen LogP contribution in [0, 0.1) is 10.8 Å². The zero-order chi connectivity index (χ0) is 27.6. The third-order valence-electron chi connectivity index (χ3n) is 6.57. The maximum atomic E-state index is 12.3. The van der Waals surface area contributed by atoms with Gasteiger partial charge in [-0.3, -0.25) is 19.2 Å². The molecule has 8 heteroatoms. The Kier molecular flexibility index (Phi) is 10.9. The van der Waals surface area contributed by atoms with E-state index in [9.17, 15) is 29.4 Å². The average Bonchev–Trinajstić information content (AvgIpc) is 2.78. The Hall–Kier alpha value is -3.16. The molecule has 0 spiro atoms. The van der Waals surface area contributed by atoms with Crippen LogP contribution in [0.25, 0.3) is 0 Å². The van der Waals surface area contributed by atoms with E-state index >= 15 is 0 Å². The molecule has 0 bridgehead atoms. The molecule has 0 aliphatic carbocycles. The second-order valence-electron chi connectivity index (χ2n) is 11.5. The lowest BCUT2D eigenvalue weighted by Crippen LogP contribution is -2.17. The quantitative estimate of drug-likeness (QED) is 0.299. The van der Waals surface area contributed by atoms with E-state index in [0.717, 1.165) is 38.2 Å². The van der Waals surface area contributed by atoms with Crippen molar-refractivity contribution in [3.05, 3.63) is 56.6 Å². The van der Waals surface area contributed by atoms with E-state index in [1.165, 1.54) is 12.1 Å². The number of carbonyl (C=O) groups excluding carboxylic acids is 2. The highest BCUT2D eigenvalue weighted by Gasteiger charge is 2.22. The molecule has 0 radical (unpaired) electrons. The monoisotopic (exact) mass is 516 g/mol. The first-order chi connectivity index (χ1) is 17.3. The molecule has 204 valence electrons. The van der Waals surface area contributed by atoms with Gasteiger partial charge in [0.15, 0.2) is 11.5 Å². The Bertz CT molecular complexity index is 1080. The van der Waals surface area contributed by atoms with E-state index in [4.69, 9.17) is 8.83 Å². The first-order valence-electron chi connectivity index (χ1n) is 12.9. The molecular weight excluding hydrogens is 476 g/mol. The molecule has 2 aromatic heterocycles. The highest BCUT2D eigenvalue weighted by atomic mass is 16.4. The fourth-order valence-corrected chi connectivity index (χ4v) is 4.45. The van der Waals surface area contributed by atoms with Crippen molar-refractivity contribution in [1.82, 2.24) is 0 Å². The molecule has 2 N–H and O–H groups in total. The number of hydrogen-bond donors (Lipinski definition) is 2. The predicted molar refractivity (Wildman–Crippen MR) is 140 cm³/mol. The van der Waals surface area contributed by atoms with E-state index in [1.807, 2.05) is 27.7 Å². The van der Waals surface area contributed by atoms with Crippen molar-refractivity contribution in [1.29, 1.82) is 0 Å². The SMILES string of the molecule is CC(C)(CCCC(=O)CCCC(=O)CCCC(C)(C)Cc1cc(=O)c(O)co1)Cc1cc(=O)c(O)co1. The molecule has 2 aromatic rings. The molecule has 0 aromatic carbocycles. The molecule has 0 unspecified atom stereocenters. The van der Waals surface area contributed by atoms with Crippen LogP contribution in [0.3, 0.4) is 0 Å². The maximum Gasteiger partial charge on any atom is 0.226 e. The van der Waals surface area contributed by atoms with Gasteiger partial charge in [-0.25, -0.2) is 0 Å². The Labute approximate surface area is 217 Å². The summed E-state index contributed by atoms with van der Waals surface area (Å²) < 4.78 is 10.6. The highest BCUT2D eigenvalue weighted by Crippen LogP contribution is 2.29. The van der Waals surface area contributed by atoms with E-state index in [-0.39, 0.29) is 22.4 Å². The van der Waals surface area contributed by atoms with E-state index in [0.29, 0.717) is 56.5 Å². The van der Waals surface area contributed by atoms with Crippen LogP contribution in [0.1, 0.15) is 97.0 Å². The van der Waals surface area contributed by atoms with Crippen molar-refractivity contribution in [2.24, 2.45) is 10.8 Å². The third-order valence-corrected chi connectivity index (χ3v) is 6.57. The topological polar surface area (TPSA) is 135 Å². The first-order valence-corrected chi connectivity index (χ1v) is 12.9. The largest absolute Gasteiger partial charge is 0.502 e. The zero-order valence-electron chi connectivity index (χ0n) is 22.4. The van der Waals surface area contributed by atoms with Gasteiger partial charge in [-0.15, -0.1) is 0 Å². The lowest BCUT2D eigenvalue weighted by atomic mass is 9.82. The van der Waals surface area contributed by atoms with Crippen molar-refractivity contribution in [3.8, 4) is 11.5 Å². The Morgan fingerprint density at radius 1 is 0.676 bits per heavy atom. The lowest BCUT2D eigenvalue weighted by Gasteiger charge is -2.23. The van der Waals surface area contributed by atoms with Gasteiger partial charge in [-0.1, -0.05) is 27.7 Å². The summed E-state index contributed by atoms with van der Waals surface area (Å²) in [5.74, 6) is 0.501. The van der Waals surface area contributed by atoms with Crippen LogP contribution in [0.4, 0.5) is 0 Å². The summed E-state index contributed by atoms with van der Waals surface area (Å²) >= 11 is 0. The first kappa shape index (κ1) is 30.1. The van der Waals surface area contributed by atoms with Crippen molar-refractivity contribution in [3.63, 3.8) is 0 Å². The second-order valence-corrected chi connectivity index (χ2v) is 11.5. The molecular formula is C29H40O8. The highest BCUT2D eigenvalue weighted by molar-refractivity contribution is 5.81. The number of hydrogen-bond acceptors (Lipinski definition) is 8. The van der Waals surface area contributed by atoms with E-state index in [2.05, 4.69) is 0 Å². The molecule has 0 saturated heterocycles. The van der Waals surface area contributed by atoms with Gasteiger partial charge in [0.1, 0.15) is 35.6 Å². The van der Waals surface area contributed by atoms with Crippen molar-refractivity contribution >= 4 is 11.6 Å². The molecule has 0 aliphatic heterocycles. The van der Waals surface area contributed by atoms with Gasteiger partial charge in [0, 0.05) is 50.7 Å². The smallest absolute Gasteiger partial charge is 0.226 e. The van der Waals surface area contributed by atoms with Crippen molar-refractivity contribution in [2.45, 2.75) is 98.3 Å². The summed E-state index contributed by atoms with van der Waals surface area (Å²) in [5.41, 5.74) is -1.25. The molecule has 37 heavy (non-hydrogen) atoms. The predicted octanol–water partition coefficient (Wildman–Crippen LogP) is 5.49. The third kappa shape index (κ3) is 11.2. The molecule has 0 aliphatic rings. The Balaban J connectivity index is 1.61. The van der Waals surface area contributed by atoms with Crippen LogP contribution < -0.4 is 10.9 Å². The van der Waals surface area contributed by atoms with Crippen LogP contribution in [0.2, 0.25) is 0 Å². The van der Waals surface area contributed by atoms with Crippen LogP contribution in [0.5, 0.6) is 11.5 Å². The van der Waals surface area contributed by atoms with Crippen LogP contribution in [-0.4, -0.2) is 21.8 Å². The lowest BCUT2D eigenvalue weighted by molar-refractivity contribution is -0.120. The summed E-state index contributed by atoms with van der Waals surface area (Å²) in [4.78, 5) is 47.7. The molecule has 0 atom stereocenters. The van der Waals surface area contributed by atoms with E-state index in [1.54, 1.807) is 0 Å². The van der Waals surface area contributed by atoms with Gasteiger partial charge in [0.25, 0.3) is 0 Å². The van der Waals surface area contributed by atoms with Gasteiger partial charge >= 0.3 is 0 Å². The van der Waals surface area contributed by atoms with Crippen LogP contribution in [0.15, 0.2) is 43.1 Å². The summed E-state index contributed by atoms with van der Waals surface area (Å²) in [6, 6.07) is 2.60. The van der Waals surface area contributed by atoms with Gasteiger partial charge in [0.05, 0.1) is 0 Å². The van der Waals surface area contributed by atoms with Gasteiger partial charge in [0.2, 0.25) is 10.9 Å².